The lowest BCUT2D eigenvalue weighted by molar-refractivity contribution is -0.139. The zero-order valence-electron chi connectivity index (χ0n) is 13.5. The second-order valence-electron chi connectivity index (χ2n) is 6.30. The fraction of sp³-hybridized carbons (Fsp3) is 0.647. The summed E-state index contributed by atoms with van der Waals surface area (Å²) in [6.45, 7) is 10.9. The molecule has 1 heterocycles. The number of carbonyl (C=O) groups excluding carboxylic acids is 2. The number of allylic oxidation sites excluding steroid dienone is 2. The molecule has 0 aromatic carbocycles. The standard InChI is InChI=1S/C17H27NO2Si/c1-5-11-18-16(19)14-10-9-13(12-15(14)17(18)20)21(6-2,7-3)8-4/h5,9,14-15H,1,6-8,10-12H2,2-4H3. The fourth-order valence-electron chi connectivity index (χ4n) is 4.11. The van der Waals surface area contributed by atoms with Crippen molar-refractivity contribution in [2.45, 2.75) is 51.7 Å². The maximum Gasteiger partial charge on any atom is 0.233 e. The van der Waals surface area contributed by atoms with Crippen LogP contribution < -0.4 is 0 Å². The van der Waals surface area contributed by atoms with Gasteiger partial charge in [-0.25, -0.2) is 0 Å². The van der Waals surface area contributed by atoms with E-state index in [0.717, 1.165) is 12.8 Å². The second-order valence-corrected chi connectivity index (χ2v) is 11.6. The van der Waals surface area contributed by atoms with Crippen molar-refractivity contribution in [3.63, 3.8) is 0 Å². The Balaban J connectivity index is 2.25. The summed E-state index contributed by atoms with van der Waals surface area (Å²) in [6.07, 6.45) is 5.54. The molecule has 2 atom stereocenters. The number of nitrogens with zero attached hydrogens (tertiary/aromatic N) is 1. The molecule has 2 unspecified atom stereocenters. The highest BCUT2D eigenvalue weighted by atomic mass is 28.3. The second kappa shape index (κ2) is 6.30. The molecule has 2 rings (SSSR count). The van der Waals surface area contributed by atoms with Crippen LogP contribution in [0.3, 0.4) is 0 Å². The van der Waals surface area contributed by atoms with Crippen LogP contribution >= 0.6 is 0 Å². The minimum atomic E-state index is -1.41. The van der Waals surface area contributed by atoms with E-state index in [-0.39, 0.29) is 23.7 Å². The van der Waals surface area contributed by atoms with E-state index in [1.54, 1.807) is 6.08 Å². The van der Waals surface area contributed by atoms with Gasteiger partial charge in [-0.2, -0.15) is 0 Å². The molecule has 0 aromatic heterocycles. The van der Waals surface area contributed by atoms with E-state index in [1.807, 2.05) is 0 Å². The van der Waals surface area contributed by atoms with Gasteiger partial charge in [-0.05, 0) is 12.8 Å². The first kappa shape index (κ1) is 16.2. The number of carbonyl (C=O) groups is 2. The highest BCUT2D eigenvalue weighted by Crippen LogP contribution is 2.43. The van der Waals surface area contributed by atoms with Gasteiger partial charge in [0.15, 0.2) is 0 Å². The lowest BCUT2D eigenvalue weighted by Crippen LogP contribution is -2.38. The van der Waals surface area contributed by atoms with Gasteiger partial charge in [0.25, 0.3) is 0 Å². The van der Waals surface area contributed by atoms with Gasteiger partial charge in [-0.3, -0.25) is 14.5 Å². The van der Waals surface area contributed by atoms with Gasteiger partial charge in [0.1, 0.15) is 0 Å². The lowest BCUT2D eigenvalue weighted by Gasteiger charge is -2.35. The Morgan fingerprint density at radius 2 is 1.76 bits per heavy atom. The van der Waals surface area contributed by atoms with Crippen molar-refractivity contribution in [2.75, 3.05) is 6.54 Å². The molecule has 1 fully saturated rings. The van der Waals surface area contributed by atoms with Crippen LogP contribution in [0.4, 0.5) is 0 Å². The number of imide groups is 1. The molecule has 1 aliphatic carbocycles. The van der Waals surface area contributed by atoms with Crippen molar-refractivity contribution in [3.05, 3.63) is 23.9 Å². The normalized spacial score (nSPS) is 25.9. The third-order valence-corrected chi connectivity index (χ3v) is 11.6. The minimum Gasteiger partial charge on any atom is -0.278 e. The van der Waals surface area contributed by atoms with Gasteiger partial charge in [0.2, 0.25) is 11.8 Å². The molecule has 2 aliphatic rings. The van der Waals surface area contributed by atoms with Gasteiger partial charge < -0.3 is 0 Å². The summed E-state index contributed by atoms with van der Waals surface area (Å²) >= 11 is 0. The van der Waals surface area contributed by atoms with Crippen molar-refractivity contribution in [1.82, 2.24) is 4.90 Å². The third kappa shape index (κ3) is 2.54. The maximum absolute atomic E-state index is 12.5. The minimum absolute atomic E-state index is 0.0111. The van der Waals surface area contributed by atoms with Gasteiger partial charge in [0.05, 0.1) is 19.9 Å². The van der Waals surface area contributed by atoms with Crippen LogP contribution in [0.2, 0.25) is 18.1 Å². The summed E-state index contributed by atoms with van der Waals surface area (Å²) in [5.41, 5.74) is 0. The van der Waals surface area contributed by atoms with E-state index in [4.69, 9.17) is 0 Å². The Labute approximate surface area is 129 Å². The van der Waals surface area contributed by atoms with Crippen molar-refractivity contribution in [3.8, 4) is 0 Å². The zero-order chi connectivity index (χ0) is 15.6. The summed E-state index contributed by atoms with van der Waals surface area (Å²) in [6, 6.07) is 3.71. The lowest BCUT2D eigenvalue weighted by atomic mass is 9.85. The summed E-state index contributed by atoms with van der Waals surface area (Å²) < 4.78 is 0. The van der Waals surface area contributed by atoms with Crippen molar-refractivity contribution in [1.29, 1.82) is 0 Å². The topological polar surface area (TPSA) is 37.4 Å². The third-order valence-electron chi connectivity index (χ3n) is 5.73. The molecular formula is C17H27NO2Si. The Bertz CT molecular complexity index is 471. The van der Waals surface area contributed by atoms with E-state index in [9.17, 15) is 9.59 Å². The molecule has 0 N–H and O–H groups in total. The summed E-state index contributed by atoms with van der Waals surface area (Å²) in [4.78, 5) is 26.3. The Hall–Kier alpha value is -1.16. The van der Waals surface area contributed by atoms with Crippen molar-refractivity contribution < 1.29 is 9.59 Å². The van der Waals surface area contributed by atoms with E-state index < -0.39 is 8.07 Å². The van der Waals surface area contributed by atoms with Crippen LogP contribution in [-0.4, -0.2) is 31.3 Å². The van der Waals surface area contributed by atoms with Gasteiger partial charge in [-0.1, -0.05) is 56.3 Å². The Kier molecular flexibility index (Phi) is 4.87. The van der Waals surface area contributed by atoms with E-state index in [1.165, 1.54) is 28.2 Å². The van der Waals surface area contributed by atoms with E-state index >= 15 is 0 Å². The van der Waals surface area contributed by atoms with Gasteiger partial charge >= 0.3 is 0 Å². The summed E-state index contributed by atoms with van der Waals surface area (Å²) in [5.74, 6) is -0.175. The number of rotatable bonds is 6. The molecule has 21 heavy (non-hydrogen) atoms. The highest BCUT2D eigenvalue weighted by molar-refractivity contribution is 6.86. The molecule has 0 aromatic rings. The molecule has 1 saturated heterocycles. The molecule has 1 aliphatic heterocycles. The molecule has 0 radical (unpaired) electrons. The van der Waals surface area contributed by atoms with Crippen LogP contribution in [0.15, 0.2) is 23.9 Å². The number of fused-ring (bicyclic) bond motifs is 1. The van der Waals surface area contributed by atoms with Crippen molar-refractivity contribution >= 4 is 19.9 Å². The number of hydrogen-bond acceptors (Lipinski definition) is 2. The predicted octanol–water partition coefficient (Wildman–Crippen LogP) is 3.54. The van der Waals surface area contributed by atoms with Crippen LogP contribution in [-0.2, 0) is 9.59 Å². The van der Waals surface area contributed by atoms with Crippen LogP contribution in [0, 0.1) is 11.8 Å². The molecule has 3 nitrogen and oxygen atoms in total. The predicted molar refractivity (Wildman–Crippen MR) is 88.4 cm³/mol. The smallest absolute Gasteiger partial charge is 0.233 e. The van der Waals surface area contributed by atoms with Crippen LogP contribution in [0.25, 0.3) is 0 Å². The first-order valence-corrected chi connectivity index (χ1v) is 10.8. The first-order valence-electron chi connectivity index (χ1n) is 8.20. The zero-order valence-corrected chi connectivity index (χ0v) is 14.5. The monoisotopic (exact) mass is 305 g/mol. The van der Waals surface area contributed by atoms with Crippen LogP contribution in [0.1, 0.15) is 33.6 Å². The average Bonchev–Trinajstić information content (AvgIpc) is 2.75. The van der Waals surface area contributed by atoms with Crippen LogP contribution in [0.5, 0.6) is 0 Å². The Morgan fingerprint density at radius 3 is 2.29 bits per heavy atom. The van der Waals surface area contributed by atoms with E-state index in [2.05, 4.69) is 33.4 Å². The Morgan fingerprint density at radius 1 is 1.19 bits per heavy atom. The summed E-state index contributed by atoms with van der Waals surface area (Å²) in [5, 5.41) is 1.54. The molecule has 116 valence electrons. The molecule has 0 bridgehead atoms. The average molecular weight is 305 g/mol. The van der Waals surface area contributed by atoms with Gasteiger partial charge in [0, 0.05) is 6.54 Å². The molecular weight excluding hydrogens is 278 g/mol. The SMILES string of the molecule is C=CCN1C(=O)C2CC=C([Si](CC)(CC)CC)CC2C1=O. The highest BCUT2D eigenvalue weighted by Gasteiger charge is 2.49. The largest absolute Gasteiger partial charge is 0.278 e. The number of likely N-dealkylation sites (tertiary alicyclic amines) is 1. The number of hydrogen-bond donors (Lipinski definition) is 0. The summed E-state index contributed by atoms with van der Waals surface area (Å²) in [7, 11) is -1.41. The number of amides is 2. The van der Waals surface area contributed by atoms with Gasteiger partial charge in [-0.15, -0.1) is 6.58 Å². The maximum atomic E-state index is 12.5. The quantitative estimate of drug-likeness (QED) is 0.427. The first-order chi connectivity index (χ1) is 10.0. The fourth-order valence-corrected chi connectivity index (χ4v) is 8.18. The molecule has 2 amide bonds. The molecule has 0 spiro atoms. The molecule has 0 saturated carbocycles. The van der Waals surface area contributed by atoms with E-state index in [0.29, 0.717) is 6.54 Å². The molecule has 4 heteroatoms. The van der Waals surface area contributed by atoms with Crippen molar-refractivity contribution in [2.24, 2.45) is 11.8 Å².